The summed E-state index contributed by atoms with van der Waals surface area (Å²) >= 11 is 0. The van der Waals surface area contributed by atoms with Gasteiger partial charge in [0.2, 0.25) is 0 Å². The molecule has 3 aromatic rings. The summed E-state index contributed by atoms with van der Waals surface area (Å²) in [5, 5.41) is 15.0. The molecule has 0 spiro atoms. The van der Waals surface area contributed by atoms with Gasteiger partial charge in [-0.25, -0.2) is 4.98 Å². The number of hydrogen-bond acceptors (Lipinski definition) is 5. The Kier molecular flexibility index (Phi) is 5.13. The largest absolute Gasteiger partial charge is 0.357 e. The van der Waals surface area contributed by atoms with Crippen molar-refractivity contribution in [3.8, 4) is 0 Å². The number of nitrogens with one attached hydrogen (secondary N) is 2. The van der Waals surface area contributed by atoms with Gasteiger partial charge < -0.3 is 15.5 Å². The smallest absolute Gasteiger partial charge is 0.191 e. The molecule has 27 heavy (non-hydrogen) atoms. The molecule has 3 aromatic heterocycles. The maximum Gasteiger partial charge on any atom is 0.191 e. The Bertz CT molecular complexity index is 926. The van der Waals surface area contributed by atoms with Crippen molar-refractivity contribution in [3.63, 3.8) is 0 Å². The number of rotatable bonds is 5. The van der Waals surface area contributed by atoms with E-state index in [1.807, 2.05) is 41.1 Å². The molecule has 1 fully saturated rings. The molecule has 1 aliphatic heterocycles. The SMILES string of the molecule is CN=C(NCc1ccnc(N2CCCC2)c1)NCc1nnc2ccccn12. The zero-order valence-electron chi connectivity index (χ0n) is 15.5. The third kappa shape index (κ3) is 3.99. The van der Waals surface area contributed by atoms with Crippen molar-refractivity contribution < 1.29 is 0 Å². The van der Waals surface area contributed by atoms with Crippen LogP contribution in [0, 0.1) is 0 Å². The van der Waals surface area contributed by atoms with Crippen LogP contribution in [0.25, 0.3) is 5.65 Å². The lowest BCUT2D eigenvalue weighted by atomic mass is 10.2. The Balaban J connectivity index is 1.35. The molecule has 0 radical (unpaired) electrons. The van der Waals surface area contributed by atoms with E-state index in [-0.39, 0.29) is 0 Å². The maximum absolute atomic E-state index is 4.50. The average molecular weight is 364 g/mol. The summed E-state index contributed by atoms with van der Waals surface area (Å²) in [5.41, 5.74) is 2.02. The second-order valence-electron chi connectivity index (χ2n) is 6.54. The molecule has 1 aliphatic rings. The normalized spacial score (nSPS) is 14.7. The Labute approximate surface area is 158 Å². The molecule has 0 aromatic carbocycles. The molecule has 0 aliphatic carbocycles. The fourth-order valence-corrected chi connectivity index (χ4v) is 3.27. The monoisotopic (exact) mass is 364 g/mol. The Hall–Kier alpha value is -3.16. The van der Waals surface area contributed by atoms with Crippen molar-refractivity contribution in [1.82, 2.24) is 30.2 Å². The molecule has 8 heteroatoms. The number of aliphatic imine (C=N–C) groups is 1. The minimum absolute atomic E-state index is 0.542. The quantitative estimate of drug-likeness (QED) is 0.528. The predicted octanol–water partition coefficient (Wildman–Crippen LogP) is 1.59. The van der Waals surface area contributed by atoms with Gasteiger partial charge in [-0.3, -0.25) is 9.39 Å². The first-order valence-corrected chi connectivity index (χ1v) is 9.26. The lowest BCUT2D eigenvalue weighted by Gasteiger charge is -2.17. The molecule has 0 bridgehead atoms. The van der Waals surface area contributed by atoms with Crippen molar-refractivity contribution in [2.24, 2.45) is 4.99 Å². The number of nitrogens with zero attached hydrogens (tertiary/aromatic N) is 6. The van der Waals surface area contributed by atoms with E-state index >= 15 is 0 Å². The highest BCUT2D eigenvalue weighted by atomic mass is 15.3. The van der Waals surface area contributed by atoms with Crippen molar-refractivity contribution in [1.29, 1.82) is 0 Å². The number of hydrogen-bond donors (Lipinski definition) is 2. The van der Waals surface area contributed by atoms with Gasteiger partial charge >= 0.3 is 0 Å². The van der Waals surface area contributed by atoms with Gasteiger partial charge in [0.05, 0.1) is 6.54 Å². The van der Waals surface area contributed by atoms with Crippen LogP contribution < -0.4 is 15.5 Å². The van der Waals surface area contributed by atoms with Crippen LogP contribution in [0.3, 0.4) is 0 Å². The van der Waals surface area contributed by atoms with E-state index in [0.29, 0.717) is 13.1 Å². The molecular formula is C19H24N8. The van der Waals surface area contributed by atoms with Crippen LogP contribution in [0.2, 0.25) is 0 Å². The summed E-state index contributed by atoms with van der Waals surface area (Å²) in [4.78, 5) is 11.1. The lowest BCUT2D eigenvalue weighted by Crippen LogP contribution is -2.36. The number of anilines is 1. The minimum Gasteiger partial charge on any atom is -0.357 e. The molecule has 4 rings (SSSR count). The second-order valence-corrected chi connectivity index (χ2v) is 6.54. The van der Waals surface area contributed by atoms with Crippen molar-refractivity contribution in [3.05, 3.63) is 54.1 Å². The van der Waals surface area contributed by atoms with Crippen LogP contribution in [0.5, 0.6) is 0 Å². The summed E-state index contributed by atoms with van der Waals surface area (Å²) in [6.07, 6.45) is 6.33. The van der Waals surface area contributed by atoms with Crippen LogP contribution in [0.15, 0.2) is 47.7 Å². The van der Waals surface area contributed by atoms with Crippen molar-refractivity contribution in [2.45, 2.75) is 25.9 Å². The molecule has 0 amide bonds. The van der Waals surface area contributed by atoms with E-state index in [2.05, 4.69) is 41.8 Å². The van der Waals surface area contributed by atoms with Crippen LogP contribution in [-0.2, 0) is 13.1 Å². The van der Waals surface area contributed by atoms with Gasteiger partial charge in [0.25, 0.3) is 0 Å². The number of fused-ring (bicyclic) bond motifs is 1. The summed E-state index contributed by atoms with van der Waals surface area (Å²) in [6, 6.07) is 10.0. The Morgan fingerprint density at radius 3 is 2.81 bits per heavy atom. The van der Waals surface area contributed by atoms with Gasteiger partial charge in [-0.2, -0.15) is 0 Å². The molecular weight excluding hydrogens is 340 g/mol. The number of aromatic nitrogens is 4. The summed E-state index contributed by atoms with van der Waals surface area (Å²) < 4.78 is 1.96. The molecule has 8 nitrogen and oxygen atoms in total. The van der Waals surface area contributed by atoms with Gasteiger partial charge in [0.1, 0.15) is 5.82 Å². The number of pyridine rings is 2. The fourth-order valence-electron chi connectivity index (χ4n) is 3.27. The average Bonchev–Trinajstić information content (AvgIpc) is 3.39. The van der Waals surface area contributed by atoms with E-state index < -0.39 is 0 Å². The molecule has 4 heterocycles. The lowest BCUT2D eigenvalue weighted by molar-refractivity contribution is 0.762. The van der Waals surface area contributed by atoms with E-state index in [1.165, 1.54) is 18.4 Å². The first kappa shape index (κ1) is 17.3. The third-order valence-electron chi connectivity index (χ3n) is 4.72. The molecule has 0 atom stereocenters. The third-order valence-corrected chi connectivity index (χ3v) is 4.72. The van der Waals surface area contributed by atoms with Crippen molar-refractivity contribution >= 4 is 17.4 Å². The number of guanidine groups is 1. The van der Waals surface area contributed by atoms with Gasteiger partial charge in [-0.1, -0.05) is 6.07 Å². The van der Waals surface area contributed by atoms with Crippen LogP contribution in [-0.4, -0.2) is 45.7 Å². The predicted molar refractivity (Wildman–Crippen MR) is 106 cm³/mol. The fraction of sp³-hybridized carbons (Fsp3) is 0.368. The van der Waals surface area contributed by atoms with Gasteiger partial charge in [-0.05, 0) is 42.7 Å². The van der Waals surface area contributed by atoms with E-state index in [1.54, 1.807) is 7.05 Å². The summed E-state index contributed by atoms with van der Waals surface area (Å²) in [5.74, 6) is 2.63. The van der Waals surface area contributed by atoms with Gasteiger partial charge in [-0.15, -0.1) is 10.2 Å². The molecule has 140 valence electrons. The van der Waals surface area contributed by atoms with Crippen LogP contribution in [0.1, 0.15) is 24.2 Å². The van der Waals surface area contributed by atoms with Gasteiger partial charge in [0.15, 0.2) is 17.4 Å². The molecule has 0 unspecified atom stereocenters. The topological polar surface area (TPSA) is 82.7 Å². The molecule has 2 N–H and O–H groups in total. The van der Waals surface area contributed by atoms with E-state index in [4.69, 9.17) is 0 Å². The Morgan fingerprint density at radius 2 is 1.96 bits per heavy atom. The second kappa shape index (κ2) is 8.03. The highest BCUT2D eigenvalue weighted by Crippen LogP contribution is 2.18. The molecule has 1 saturated heterocycles. The van der Waals surface area contributed by atoms with Crippen LogP contribution >= 0.6 is 0 Å². The van der Waals surface area contributed by atoms with Gasteiger partial charge in [0, 0.05) is 39.1 Å². The Morgan fingerprint density at radius 1 is 1.11 bits per heavy atom. The summed E-state index contributed by atoms with van der Waals surface area (Å²) in [7, 11) is 1.76. The first-order valence-electron chi connectivity index (χ1n) is 9.26. The highest BCUT2D eigenvalue weighted by Gasteiger charge is 2.13. The first-order chi connectivity index (χ1) is 13.3. The van der Waals surface area contributed by atoms with E-state index in [0.717, 1.165) is 36.3 Å². The maximum atomic E-state index is 4.50. The standard InChI is InChI=1S/C19H24N8/c1-20-19(23-14-18-25-24-16-6-2-3-11-27(16)18)22-13-15-7-8-21-17(12-15)26-9-4-5-10-26/h2-3,6-8,11-12H,4-5,9-10,13-14H2,1H3,(H2,20,22,23). The van der Waals surface area contributed by atoms with Crippen LogP contribution in [0.4, 0.5) is 5.82 Å². The van der Waals surface area contributed by atoms with E-state index in [9.17, 15) is 0 Å². The molecule has 0 saturated carbocycles. The zero-order valence-corrected chi connectivity index (χ0v) is 15.5. The zero-order chi connectivity index (χ0) is 18.5. The van der Waals surface area contributed by atoms with Crippen molar-refractivity contribution in [2.75, 3.05) is 25.0 Å². The summed E-state index contributed by atoms with van der Waals surface area (Å²) in [6.45, 7) is 3.42. The highest BCUT2D eigenvalue weighted by molar-refractivity contribution is 5.79. The minimum atomic E-state index is 0.542.